The second-order valence-corrected chi connectivity index (χ2v) is 5.61. The van der Waals surface area contributed by atoms with Crippen molar-refractivity contribution in [3.05, 3.63) is 64.9 Å². The summed E-state index contributed by atoms with van der Waals surface area (Å²) in [7, 11) is 0. The molecule has 1 heterocycles. The molecule has 2 rings (SSSR count). The van der Waals surface area contributed by atoms with Crippen LogP contribution in [0.25, 0.3) is 0 Å². The minimum atomic E-state index is -0.509. The summed E-state index contributed by atoms with van der Waals surface area (Å²) in [5.74, 6) is -0.219. The summed E-state index contributed by atoms with van der Waals surface area (Å²) in [5.41, 5.74) is 0.936. The van der Waals surface area contributed by atoms with Gasteiger partial charge >= 0.3 is 0 Å². The topological polar surface area (TPSA) is 42.0 Å². The zero-order chi connectivity index (χ0) is 14.6. The van der Waals surface area contributed by atoms with Crippen LogP contribution >= 0.6 is 27.5 Å². The molecule has 3 nitrogen and oxygen atoms in total. The largest absolute Gasteiger partial charge is 0.342 e. The third kappa shape index (κ3) is 3.19. The lowest BCUT2D eigenvalue weighted by atomic mass is 9.94. The van der Waals surface area contributed by atoms with Gasteiger partial charge in [-0.15, -0.1) is 0 Å². The molecule has 0 spiro atoms. The molecule has 1 N–H and O–H groups in total. The minimum absolute atomic E-state index is 0.219. The molecule has 0 fully saturated rings. The number of halogens is 2. The molecule has 0 aliphatic carbocycles. The maximum absolute atomic E-state index is 12.4. The smallest absolute Gasteiger partial charge is 0.253 e. The lowest BCUT2D eigenvalue weighted by Gasteiger charge is -2.29. The Bertz CT molecular complexity index is 606. The first-order chi connectivity index (χ1) is 9.57. The van der Waals surface area contributed by atoms with Gasteiger partial charge in [0.2, 0.25) is 0 Å². The van der Waals surface area contributed by atoms with Crippen LogP contribution in [0.1, 0.15) is 22.8 Å². The molecular weight excluding hydrogens is 340 g/mol. The van der Waals surface area contributed by atoms with Crippen molar-refractivity contribution in [1.82, 2.24) is 10.3 Å². The van der Waals surface area contributed by atoms with Gasteiger partial charge in [0.1, 0.15) is 0 Å². The normalized spacial score (nSPS) is 13.6. The van der Waals surface area contributed by atoms with E-state index in [1.54, 1.807) is 12.3 Å². The van der Waals surface area contributed by atoms with Crippen LogP contribution < -0.4 is 5.32 Å². The van der Waals surface area contributed by atoms with Crippen molar-refractivity contribution >= 4 is 33.4 Å². The number of hydrogen-bond donors (Lipinski definition) is 1. The van der Waals surface area contributed by atoms with Gasteiger partial charge in [0.25, 0.3) is 5.91 Å². The molecule has 1 unspecified atom stereocenters. The van der Waals surface area contributed by atoms with Gasteiger partial charge in [0.05, 0.1) is 16.1 Å². The number of alkyl halides is 1. The molecule has 0 radical (unpaired) electrons. The van der Waals surface area contributed by atoms with Crippen molar-refractivity contribution < 1.29 is 4.79 Å². The average molecular weight is 354 g/mol. The standard InChI is InChI=1S/C15H14BrClN2O/c1-15(10-16,11-5-3-2-4-6-11)19-14(20)12-7-8-18-9-13(12)17/h2-9H,10H2,1H3,(H,19,20). The van der Waals surface area contributed by atoms with Crippen LogP contribution in [0.2, 0.25) is 5.02 Å². The number of hydrogen-bond acceptors (Lipinski definition) is 2. The van der Waals surface area contributed by atoms with Gasteiger partial charge in [-0.25, -0.2) is 0 Å². The summed E-state index contributed by atoms with van der Waals surface area (Å²) in [6.45, 7) is 1.96. The molecule has 2 aromatic rings. The fraction of sp³-hybridized carbons (Fsp3) is 0.200. The number of pyridine rings is 1. The molecule has 1 aromatic heterocycles. The Hall–Kier alpha value is -1.39. The summed E-state index contributed by atoms with van der Waals surface area (Å²) in [4.78, 5) is 16.3. The third-order valence-corrected chi connectivity index (χ3v) is 4.51. The highest BCUT2D eigenvalue weighted by atomic mass is 79.9. The summed E-state index contributed by atoms with van der Waals surface area (Å²) < 4.78 is 0. The maximum atomic E-state index is 12.4. The van der Waals surface area contributed by atoms with E-state index in [2.05, 4.69) is 26.2 Å². The van der Waals surface area contributed by atoms with Crippen molar-refractivity contribution in [3.8, 4) is 0 Å². The fourth-order valence-electron chi connectivity index (χ4n) is 1.87. The lowest BCUT2D eigenvalue weighted by Crippen LogP contribution is -2.45. The zero-order valence-electron chi connectivity index (χ0n) is 10.9. The van der Waals surface area contributed by atoms with Crippen LogP contribution in [0.3, 0.4) is 0 Å². The predicted octanol–water partition coefficient (Wildman–Crippen LogP) is 3.78. The summed E-state index contributed by atoms with van der Waals surface area (Å²) in [5, 5.41) is 3.96. The van der Waals surface area contributed by atoms with Gasteiger partial charge in [0, 0.05) is 17.7 Å². The Morgan fingerprint density at radius 3 is 2.65 bits per heavy atom. The summed E-state index contributed by atoms with van der Waals surface area (Å²) in [6, 6.07) is 11.4. The molecule has 0 saturated carbocycles. The molecule has 104 valence electrons. The molecule has 0 aliphatic heterocycles. The van der Waals surface area contributed by atoms with E-state index in [-0.39, 0.29) is 5.91 Å². The molecule has 0 bridgehead atoms. The summed E-state index contributed by atoms with van der Waals surface area (Å²) >= 11 is 9.47. The van der Waals surface area contributed by atoms with Crippen LogP contribution in [0, 0.1) is 0 Å². The number of benzene rings is 1. The van der Waals surface area contributed by atoms with E-state index in [9.17, 15) is 4.79 Å². The highest BCUT2D eigenvalue weighted by molar-refractivity contribution is 9.09. The van der Waals surface area contributed by atoms with E-state index in [4.69, 9.17) is 11.6 Å². The van der Waals surface area contributed by atoms with Crippen molar-refractivity contribution in [2.45, 2.75) is 12.5 Å². The third-order valence-electron chi connectivity index (χ3n) is 3.08. The van der Waals surface area contributed by atoms with Gasteiger partial charge in [-0.05, 0) is 18.6 Å². The molecule has 20 heavy (non-hydrogen) atoms. The van der Waals surface area contributed by atoms with E-state index in [0.29, 0.717) is 15.9 Å². The molecule has 0 saturated heterocycles. The van der Waals surface area contributed by atoms with Crippen molar-refractivity contribution in [1.29, 1.82) is 0 Å². The van der Waals surface area contributed by atoms with Crippen LogP contribution in [0.5, 0.6) is 0 Å². The summed E-state index contributed by atoms with van der Waals surface area (Å²) in [6.07, 6.45) is 3.01. The highest BCUT2D eigenvalue weighted by Gasteiger charge is 2.28. The van der Waals surface area contributed by atoms with E-state index < -0.39 is 5.54 Å². The van der Waals surface area contributed by atoms with E-state index in [1.165, 1.54) is 6.20 Å². The number of aromatic nitrogens is 1. The van der Waals surface area contributed by atoms with Gasteiger partial charge in [-0.1, -0.05) is 57.9 Å². The number of nitrogens with one attached hydrogen (secondary N) is 1. The molecule has 1 amide bonds. The number of carbonyl (C=O) groups excluding carboxylic acids is 1. The molecular formula is C15H14BrClN2O. The zero-order valence-corrected chi connectivity index (χ0v) is 13.3. The molecule has 0 aliphatic rings. The SMILES string of the molecule is CC(CBr)(NC(=O)c1ccncc1Cl)c1ccccc1. The highest BCUT2D eigenvalue weighted by Crippen LogP contribution is 2.24. The van der Waals surface area contributed by atoms with Gasteiger partial charge in [0.15, 0.2) is 0 Å². The number of amides is 1. The van der Waals surface area contributed by atoms with Gasteiger partial charge in [-0.3, -0.25) is 9.78 Å². The minimum Gasteiger partial charge on any atom is -0.342 e. The molecule has 5 heteroatoms. The van der Waals surface area contributed by atoms with Crippen molar-refractivity contribution in [2.75, 3.05) is 5.33 Å². The maximum Gasteiger partial charge on any atom is 0.253 e. The lowest BCUT2D eigenvalue weighted by molar-refractivity contribution is 0.0914. The van der Waals surface area contributed by atoms with Crippen LogP contribution in [-0.4, -0.2) is 16.2 Å². The number of nitrogens with zero attached hydrogens (tertiary/aromatic N) is 1. The quantitative estimate of drug-likeness (QED) is 0.850. The average Bonchev–Trinajstić information content (AvgIpc) is 2.48. The van der Waals surface area contributed by atoms with Crippen molar-refractivity contribution in [3.63, 3.8) is 0 Å². The first-order valence-corrected chi connectivity index (χ1v) is 7.60. The van der Waals surface area contributed by atoms with Crippen molar-refractivity contribution in [2.24, 2.45) is 0 Å². The van der Waals surface area contributed by atoms with Gasteiger partial charge in [-0.2, -0.15) is 0 Å². The second kappa shape index (κ2) is 6.37. The predicted molar refractivity (Wildman–Crippen MR) is 84.3 cm³/mol. The Morgan fingerprint density at radius 1 is 1.35 bits per heavy atom. The number of rotatable bonds is 4. The van der Waals surface area contributed by atoms with Crippen LogP contribution in [0.15, 0.2) is 48.8 Å². The Labute approximate surface area is 131 Å². The first-order valence-electron chi connectivity index (χ1n) is 6.10. The van der Waals surface area contributed by atoms with Crippen LogP contribution in [0.4, 0.5) is 0 Å². The van der Waals surface area contributed by atoms with E-state index in [0.717, 1.165) is 5.56 Å². The monoisotopic (exact) mass is 352 g/mol. The Kier molecular flexibility index (Phi) is 4.78. The molecule has 1 atom stereocenters. The Balaban J connectivity index is 2.27. The number of carbonyl (C=O) groups is 1. The van der Waals surface area contributed by atoms with Crippen LogP contribution in [-0.2, 0) is 5.54 Å². The fourth-order valence-corrected chi connectivity index (χ4v) is 2.54. The van der Waals surface area contributed by atoms with E-state index >= 15 is 0 Å². The first kappa shape index (κ1) is 15.0. The van der Waals surface area contributed by atoms with E-state index in [1.807, 2.05) is 37.3 Å². The second-order valence-electron chi connectivity index (χ2n) is 4.64. The van der Waals surface area contributed by atoms with Gasteiger partial charge < -0.3 is 5.32 Å². The Morgan fingerprint density at radius 2 is 2.05 bits per heavy atom. The molecule has 1 aromatic carbocycles.